The average molecular weight is 271 g/mol. The van der Waals surface area contributed by atoms with Crippen molar-refractivity contribution in [3.8, 4) is 0 Å². The van der Waals surface area contributed by atoms with Crippen LogP contribution >= 0.6 is 0 Å². The molecule has 0 saturated heterocycles. The summed E-state index contributed by atoms with van der Waals surface area (Å²) in [5.41, 5.74) is 0.956. The van der Waals surface area contributed by atoms with E-state index in [9.17, 15) is 4.91 Å². The predicted molar refractivity (Wildman–Crippen MR) is 88.5 cm³/mol. The molecule has 0 bridgehead atoms. The molecule has 0 amide bonds. The molecule has 4 aromatic carbocycles. The standard InChI is InChI=1S/C19H13NO/c21-20-12-13-9-10-18-16-7-2-1-5-14(16)15-6-3-4-8-17(15)19(18)11-13/h1-11H,12H2. The molecule has 0 unspecified atom stereocenters. The van der Waals surface area contributed by atoms with Gasteiger partial charge in [-0.25, -0.2) is 0 Å². The maximum absolute atomic E-state index is 10.5. The monoisotopic (exact) mass is 271 g/mol. The fourth-order valence-electron chi connectivity index (χ4n) is 3.13. The summed E-state index contributed by atoms with van der Waals surface area (Å²) in [4.78, 5) is 10.5. The third-order valence-corrected chi connectivity index (χ3v) is 4.06. The summed E-state index contributed by atoms with van der Waals surface area (Å²) in [7, 11) is 0. The Balaban J connectivity index is 2.27. The number of nitrogens with zero attached hydrogens (tertiary/aromatic N) is 1. The minimum Gasteiger partial charge on any atom is -0.150 e. The van der Waals surface area contributed by atoms with Gasteiger partial charge in [0.15, 0.2) is 0 Å². The molecule has 4 aromatic rings. The number of hydrogen-bond donors (Lipinski definition) is 0. The van der Waals surface area contributed by atoms with E-state index in [-0.39, 0.29) is 6.54 Å². The lowest BCUT2D eigenvalue weighted by atomic mass is 9.93. The molecule has 100 valence electrons. The van der Waals surface area contributed by atoms with Crippen molar-refractivity contribution in [2.45, 2.75) is 6.54 Å². The zero-order valence-corrected chi connectivity index (χ0v) is 11.4. The van der Waals surface area contributed by atoms with E-state index in [2.05, 4.69) is 65.8 Å². The van der Waals surface area contributed by atoms with Crippen LogP contribution in [-0.2, 0) is 6.54 Å². The predicted octanol–water partition coefficient (Wildman–Crippen LogP) is 5.41. The lowest BCUT2D eigenvalue weighted by Crippen LogP contribution is -1.86. The van der Waals surface area contributed by atoms with E-state index in [1.807, 2.05) is 6.07 Å². The number of rotatable bonds is 2. The number of hydrogen-bond acceptors (Lipinski definition) is 2. The molecule has 0 aliphatic carbocycles. The quantitative estimate of drug-likeness (QED) is 0.354. The van der Waals surface area contributed by atoms with Crippen LogP contribution in [0.1, 0.15) is 5.56 Å². The normalized spacial score (nSPS) is 11.2. The van der Waals surface area contributed by atoms with Gasteiger partial charge in [0.05, 0.1) is 0 Å². The Bertz CT molecular complexity index is 953. The van der Waals surface area contributed by atoms with Crippen LogP contribution in [0.15, 0.2) is 71.9 Å². The molecule has 0 aromatic heterocycles. The minimum absolute atomic E-state index is 0.219. The fourth-order valence-corrected chi connectivity index (χ4v) is 3.13. The van der Waals surface area contributed by atoms with Crippen LogP contribution in [0.25, 0.3) is 32.3 Å². The van der Waals surface area contributed by atoms with Gasteiger partial charge in [-0.3, -0.25) is 0 Å². The molecule has 0 saturated carbocycles. The van der Waals surface area contributed by atoms with Crippen LogP contribution in [0.4, 0.5) is 0 Å². The van der Waals surface area contributed by atoms with Gasteiger partial charge in [0, 0.05) is 0 Å². The van der Waals surface area contributed by atoms with Gasteiger partial charge < -0.3 is 0 Å². The summed E-state index contributed by atoms with van der Waals surface area (Å²) < 4.78 is 0. The summed E-state index contributed by atoms with van der Waals surface area (Å²) in [6.07, 6.45) is 0. The zero-order valence-electron chi connectivity index (χ0n) is 11.4. The van der Waals surface area contributed by atoms with Crippen LogP contribution in [0.5, 0.6) is 0 Å². The van der Waals surface area contributed by atoms with Crippen LogP contribution < -0.4 is 0 Å². The largest absolute Gasteiger partial charge is 0.150 e. The molecular formula is C19H13NO. The van der Waals surface area contributed by atoms with Gasteiger partial charge in [-0.15, -0.1) is 0 Å². The SMILES string of the molecule is O=NCc1ccc2c3ccccc3c3ccccc3c2c1. The van der Waals surface area contributed by atoms with Crippen LogP contribution in [0.3, 0.4) is 0 Å². The van der Waals surface area contributed by atoms with Gasteiger partial charge in [-0.05, 0) is 43.9 Å². The molecule has 0 aliphatic rings. The highest BCUT2D eigenvalue weighted by molar-refractivity contribution is 6.25. The topological polar surface area (TPSA) is 29.4 Å². The molecule has 0 N–H and O–H groups in total. The van der Waals surface area contributed by atoms with Crippen molar-refractivity contribution < 1.29 is 0 Å². The van der Waals surface area contributed by atoms with Gasteiger partial charge in [0.2, 0.25) is 0 Å². The van der Waals surface area contributed by atoms with E-state index in [1.165, 1.54) is 32.3 Å². The van der Waals surface area contributed by atoms with E-state index in [0.29, 0.717) is 0 Å². The Morgan fingerprint density at radius 1 is 0.619 bits per heavy atom. The maximum Gasteiger partial charge on any atom is 0.106 e. The van der Waals surface area contributed by atoms with Crippen LogP contribution in [0.2, 0.25) is 0 Å². The number of nitroso groups, excluding NO2 is 1. The highest BCUT2D eigenvalue weighted by atomic mass is 16.3. The zero-order chi connectivity index (χ0) is 14.2. The summed E-state index contributed by atoms with van der Waals surface area (Å²) in [5.74, 6) is 0. The summed E-state index contributed by atoms with van der Waals surface area (Å²) >= 11 is 0. The van der Waals surface area contributed by atoms with E-state index < -0.39 is 0 Å². The van der Waals surface area contributed by atoms with Gasteiger partial charge in [-0.1, -0.05) is 65.8 Å². The van der Waals surface area contributed by atoms with Crippen molar-refractivity contribution in [2.24, 2.45) is 5.18 Å². The van der Waals surface area contributed by atoms with Crippen molar-refractivity contribution in [3.63, 3.8) is 0 Å². The fraction of sp³-hybridized carbons (Fsp3) is 0.0526. The Morgan fingerprint density at radius 3 is 1.62 bits per heavy atom. The molecule has 0 radical (unpaired) electrons. The molecule has 2 nitrogen and oxygen atoms in total. The number of fused-ring (bicyclic) bond motifs is 6. The first kappa shape index (κ1) is 12.0. The second kappa shape index (κ2) is 4.67. The van der Waals surface area contributed by atoms with Crippen molar-refractivity contribution >= 4 is 32.3 Å². The van der Waals surface area contributed by atoms with Crippen LogP contribution in [-0.4, -0.2) is 0 Å². The molecular weight excluding hydrogens is 258 g/mol. The summed E-state index contributed by atoms with van der Waals surface area (Å²) in [6, 6.07) is 23.1. The smallest absolute Gasteiger partial charge is 0.106 e. The molecule has 4 rings (SSSR count). The van der Waals surface area contributed by atoms with E-state index in [0.717, 1.165) is 5.56 Å². The third-order valence-electron chi connectivity index (χ3n) is 4.06. The first-order chi connectivity index (χ1) is 10.4. The van der Waals surface area contributed by atoms with E-state index >= 15 is 0 Å². The number of benzene rings is 4. The Labute approximate surface area is 122 Å². The van der Waals surface area contributed by atoms with Crippen molar-refractivity contribution in [1.82, 2.24) is 0 Å². The molecule has 2 heteroatoms. The average Bonchev–Trinajstić information content (AvgIpc) is 2.55. The first-order valence-corrected chi connectivity index (χ1v) is 7.00. The molecule has 21 heavy (non-hydrogen) atoms. The second-order valence-electron chi connectivity index (χ2n) is 5.26. The highest BCUT2D eigenvalue weighted by Crippen LogP contribution is 2.35. The van der Waals surface area contributed by atoms with Gasteiger partial charge in [0.25, 0.3) is 0 Å². The van der Waals surface area contributed by atoms with Crippen molar-refractivity contribution in [2.75, 3.05) is 0 Å². The Kier molecular flexibility index (Phi) is 2.68. The summed E-state index contributed by atoms with van der Waals surface area (Å²) in [6.45, 7) is 0.219. The lowest BCUT2D eigenvalue weighted by molar-refractivity contribution is 1.06. The lowest BCUT2D eigenvalue weighted by Gasteiger charge is -2.10. The van der Waals surface area contributed by atoms with Crippen molar-refractivity contribution in [3.05, 3.63) is 77.2 Å². The Morgan fingerprint density at radius 2 is 1.10 bits per heavy atom. The molecule has 0 aliphatic heterocycles. The minimum atomic E-state index is 0.219. The Hall–Kier alpha value is -2.74. The maximum atomic E-state index is 10.5. The van der Waals surface area contributed by atoms with Gasteiger partial charge in [-0.2, -0.15) is 4.91 Å². The van der Waals surface area contributed by atoms with E-state index in [1.54, 1.807) is 0 Å². The highest BCUT2D eigenvalue weighted by Gasteiger charge is 2.08. The summed E-state index contributed by atoms with van der Waals surface area (Å²) in [5, 5.41) is 10.4. The molecule has 0 atom stereocenters. The van der Waals surface area contributed by atoms with Crippen molar-refractivity contribution in [1.29, 1.82) is 0 Å². The van der Waals surface area contributed by atoms with Crippen LogP contribution in [0, 0.1) is 4.91 Å². The molecule has 0 heterocycles. The molecule has 0 spiro atoms. The van der Waals surface area contributed by atoms with E-state index in [4.69, 9.17) is 0 Å². The van der Waals surface area contributed by atoms with Gasteiger partial charge in [0.1, 0.15) is 6.54 Å². The first-order valence-electron chi connectivity index (χ1n) is 7.00. The molecule has 0 fully saturated rings. The second-order valence-corrected chi connectivity index (χ2v) is 5.26. The van der Waals surface area contributed by atoms with Gasteiger partial charge >= 0.3 is 0 Å². The third kappa shape index (κ3) is 1.80.